The van der Waals surface area contributed by atoms with E-state index in [-0.39, 0.29) is 41.8 Å². The van der Waals surface area contributed by atoms with Gasteiger partial charge in [-0.3, -0.25) is 9.59 Å². The van der Waals surface area contributed by atoms with Crippen molar-refractivity contribution in [1.82, 2.24) is 20.2 Å². The zero-order valence-electron chi connectivity index (χ0n) is 19.1. The van der Waals surface area contributed by atoms with Crippen LogP contribution in [0.4, 0.5) is 18.9 Å². The fourth-order valence-electron chi connectivity index (χ4n) is 5.16. The molecule has 1 aromatic carbocycles. The minimum Gasteiger partial charge on any atom is -0.372 e. The van der Waals surface area contributed by atoms with E-state index in [9.17, 15) is 22.8 Å². The fraction of sp³-hybridized carbons (Fsp3) is 0.458. The van der Waals surface area contributed by atoms with E-state index in [2.05, 4.69) is 15.3 Å². The third-order valence-electron chi connectivity index (χ3n) is 6.98. The topological polar surface area (TPSA) is 102 Å². The Morgan fingerprint density at radius 2 is 1.91 bits per heavy atom. The Morgan fingerprint density at radius 3 is 2.51 bits per heavy atom. The molecular formula is C24H25F3N6O2. The predicted octanol–water partition coefficient (Wildman–Crippen LogP) is 2.72. The number of piperidine rings is 1. The predicted molar refractivity (Wildman–Crippen MR) is 120 cm³/mol. The van der Waals surface area contributed by atoms with Crippen molar-refractivity contribution in [2.24, 2.45) is 17.8 Å². The molecule has 184 valence electrons. The first kappa shape index (κ1) is 24.4. The molecule has 2 saturated heterocycles. The lowest BCUT2D eigenvalue weighted by Gasteiger charge is -2.37. The fourth-order valence-corrected chi connectivity index (χ4v) is 5.16. The number of aromatic nitrogens is 2. The minimum absolute atomic E-state index is 0.0606. The number of carbonyl (C=O) groups excluding carboxylic acids is 2. The van der Waals surface area contributed by atoms with E-state index in [0.29, 0.717) is 38.2 Å². The monoisotopic (exact) mass is 486 g/mol. The molecule has 0 spiro atoms. The van der Waals surface area contributed by atoms with E-state index in [1.165, 1.54) is 24.7 Å². The van der Waals surface area contributed by atoms with Crippen LogP contribution in [0.1, 0.15) is 34.5 Å². The van der Waals surface area contributed by atoms with Gasteiger partial charge in [-0.05, 0) is 48.9 Å². The average Bonchev–Trinajstić information content (AvgIpc) is 3.33. The summed E-state index contributed by atoms with van der Waals surface area (Å²) in [5.41, 5.74) is -0.644. The number of halogens is 3. The minimum atomic E-state index is -4.61. The van der Waals surface area contributed by atoms with E-state index >= 15 is 0 Å². The number of hydrogen-bond donors (Lipinski definition) is 1. The molecule has 0 radical (unpaired) electrons. The van der Waals surface area contributed by atoms with Gasteiger partial charge in [0, 0.05) is 45.1 Å². The van der Waals surface area contributed by atoms with Crippen molar-refractivity contribution >= 4 is 17.5 Å². The van der Waals surface area contributed by atoms with Gasteiger partial charge in [0.15, 0.2) is 0 Å². The van der Waals surface area contributed by atoms with Crippen molar-refractivity contribution in [3.8, 4) is 6.07 Å². The Balaban J connectivity index is 1.47. The first-order valence-electron chi connectivity index (χ1n) is 11.4. The SMILES string of the molecule is CNC(=O)[C@@H]1CN(C(=O)c2ccncn2)C[C@H]1C1CCN(c2ccc(C#N)c(C(F)(F)F)c2)CC1. The van der Waals surface area contributed by atoms with Crippen LogP contribution in [0.5, 0.6) is 0 Å². The van der Waals surface area contributed by atoms with Gasteiger partial charge < -0.3 is 15.1 Å². The highest BCUT2D eigenvalue weighted by Gasteiger charge is 2.44. The van der Waals surface area contributed by atoms with E-state index in [1.807, 2.05) is 4.90 Å². The molecule has 8 nitrogen and oxygen atoms in total. The Labute approximate surface area is 200 Å². The van der Waals surface area contributed by atoms with Gasteiger partial charge in [-0.15, -0.1) is 0 Å². The molecule has 35 heavy (non-hydrogen) atoms. The number of nitrogens with one attached hydrogen (secondary N) is 1. The van der Waals surface area contributed by atoms with E-state index in [4.69, 9.17) is 5.26 Å². The number of rotatable bonds is 4. The molecule has 2 atom stereocenters. The van der Waals surface area contributed by atoms with Crippen molar-refractivity contribution < 1.29 is 22.8 Å². The van der Waals surface area contributed by atoms with Gasteiger partial charge in [0.05, 0.1) is 23.1 Å². The van der Waals surface area contributed by atoms with Crippen LogP contribution in [-0.2, 0) is 11.0 Å². The standard InChI is InChI=1S/C24H25F3N6O2/c1-29-22(34)19-13-33(23(35)21-4-7-30-14-31-21)12-18(19)15-5-8-32(9-6-15)17-3-2-16(11-28)20(10-17)24(25,26)27/h2-4,7,10,14-15,18-19H,5-6,8-9,12-13H2,1H3,(H,29,34)/t18-,19+/m0/s1. The number of alkyl halides is 3. The summed E-state index contributed by atoms with van der Waals surface area (Å²) in [4.78, 5) is 36.9. The number of nitriles is 1. The van der Waals surface area contributed by atoms with Gasteiger partial charge in [0.1, 0.15) is 12.0 Å². The number of amides is 2. The maximum absolute atomic E-state index is 13.4. The van der Waals surface area contributed by atoms with Crippen LogP contribution in [-0.4, -0.2) is 59.9 Å². The molecule has 0 unspecified atom stereocenters. The molecule has 0 aliphatic carbocycles. The molecule has 3 heterocycles. The number of nitrogens with zero attached hydrogens (tertiary/aromatic N) is 5. The second kappa shape index (κ2) is 9.90. The molecule has 1 N–H and O–H groups in total. The average molecular weight is 486 g/mol. The third kappa shape index (κ3) is 5.06. The van der Waals surface area contributed by atoms with Crippen LogP contribution >= 0.6 is 0 Å². The number of hydrogen-bond acceptors (Lipinski definition) is 6. The summed E-state index contributed by atoms with van der Waals surface area (Å²) in [6, 6.07) is 6.92. The molecule has 2 aliphatic heterocycles. The summed E-state index contributed by atoms with van der Waals surface area (Å²) >= 11 is 0. The van der Waals surface area contributed by atoms with Crippen molar-refractivity contribution in [2.45, 2.75) is 19.0 Å². The number of likely N-dealkylation sites (tertiary alicyclic amines) is 1. The Bertz CT molecular complexity index is 1130. The molecular weight excluding hydrogens is 461 g/mol. The maximum Gasteiger partial charge on any atom is 0.417 e. The van der Waals surface area contributed by atoms with Crippen molar-refractivity contribution in [3.63, 3.8) is 0 Å². The van der Waals surface area contributed by atoms with Crippen LogP contribution in [0, 0.1) is 29.1 Å². The summed E-state index contributed by atoms with van der Waals surface area (Å²) in [6.07, 6.45) is -0.457. The zero-order chi connectivity index (χ0) is 25.2. The van der Waals surface area contributed by atoms with Crippen molar-refractivity contribution in [2.75, 3.05) is 38.1 Å². The van der Waals surface area contributed by atoms with Crippen LogP contribution in [0.2, 0.25) is 0 Å². The summed E-state index contributed by atoms with van der Waals surface area (Å²) in [7, 11) is 1.57. The molecule has 2 amide bonds. The summed E-state index contributed by atoms with van der Waals surface area (Å²) < 4.78 is 40.1. The molecule has 2 fully saturated rings. The Morgan fingerprint density at radius 1 is 1.17 bits per heavy atom. The lowest BCUT2D eigenvalue weighted by Crippen LogP contribution is -2.41. The molecule has 0 bridgehead atoms. The summed E-state index contributed by atoms with van der Waals surface area (Å²) in [5.74, 6) is -0.670. The number of anilines is 1. The molecule has 0 saturated carbocycles. The normalized spacial score (nSPS) is 21.0. The van der Waals surface area contributed by atoms with Crippen molar-refractivity contribution in [3.05, 3.63) is 53.6 Å². The summed E-state index contributed by atoms with van der Waals surface area (Å²) in [5, 5.41) is 11.7. The van der Waals surface area contributed by atoms with Crippen LogP contribution in [0.25, 0.3) is 0 Å². The van der Waals surface area contributed by atoms with Crippen LogP contribution < -0.4 is 10.2 Å². The highest BCUT2D eigenvalue weighted by molar-refractivity contribution is 5.93. The van der Waals surface area contributed by atoms with Crippen molar-refractivity contribution in [1.29, 1.82) is 5.26 Å². The van der Waals surface area contributed by atoms with Gasteiger partial charge in [0.2, 0.25) is 5.91 Å². The first-order valence-corrected chi connectivity index (χ1v) is 11.4. The third-order valence-corrected chi connectivity index (χ3v) is 6.98. The summed E-state index contributed by atoms with van der Waals surface area (Å²) in [6.45, 7) is 1.74. The van der Waals surface area contributed by atoms with Gasteiger partial charge in [-0.25, -0.2) is 9.97 Å². The first-order chi connectivity index (χ1) is 16.7. The van der Waals surface area contributed by atoms with Gasteiger partial charge in [-0.1, -0.05) is 0 Å². The second-order valence-corrected chi connectivity index (χ2v) is 8.85. The lowest BCUT2D eigenvalue weighted by atomic mass is 9.78. The van der Waals surface area contributed by atoms with Gasteiger partial charge >= 0.3 is 6.18 Å². The quantitative estimate of drug-likeness (QED) is 0.713. The van der Waals surface area contributed by atoms with Crippen LogP contribution in [0.3, 0.4) is 0 Å². The molecule has 1 aromatic heterocycles. The van der Waals surface area contributed by atoms with Gasteiger partial charge in [-0.2, -0.15) is 18.4 Å². The molecule has 4 rings (SSSR count). The molecule has 2 aromatic rings. The largest absolute Gasteiger partial charge is 0.417 e. The zero-order valence-corrected chi connectivity index (χ0v) is 19.1. The Hall–Kier alpha value is -3.68. The lowest BCUT2D eigenvalue weighted by molar-refractivity contribution is -0.137. The maximum atomic E-state index is 13.4. The molecule has 2 aliphatic rings. The number of benzene rings is 1. The molecule has 11 heteroatoms. The van der Waals surface area contributed by atoms with Gasteiger partial charge in [0.25, 0.3) is 5.91 Å². The Kier molecular flexibility index (Phi) is 6.91. The highest BCUT2D eigenvalue weighted by atomic mass is 19.4. The number of carbonyl (C=O) groups is 2. The second-order valence-electron chi connectivity index (χ2n) is 8.85. The van der Waals surface area contributed by atoms with E-state index in [0.717, 1.165) is 6.07 Å². The van der Waals surface area contributed by atoms with E-state index < -0.39 is 17.3 Å². The van der Waals surface area contributed by atoms with Crippen LogP contribution in [0.15, 0.2) is 36.8 Å². The smallest absolute Gasteiger partial charge is 0.372 e. The van der Waals surface area contributed by atoms with E-state index in [1.54, 1.807) is 24.1 Å². The highest BCUT2D eigenvalue weighted by Crippen LogP contribution is 2.39.